The first-order valence-electron chi connectivity index (χ1n) is 8.96. The van der Waals surface area contributed by atoms with E-state index in [2.05, 4.69) is 0 Å². The van der Waals surface area contributed by atoms with Gasteiger partial charge in [-0.05, 0) is 43.7 Å². The highest BCUT2D eigenvalue weighted by atomic mass is 32.2. The molecular weight excluding hydrogens is 372 g/mol. The molecule has 0 aromatic heterocycles. The first-order chi connectivity index (χ1) is 12.6. The van der Waals surface area contributed by atoms with Crippen molar-refractivity contribution in [2.75, 3.05) is 33.0 Å². The van der Waals surface area contributed by atoms with Gasteiger partial charge in [-0.15, -0.1) is 0 Å². The van der Waals surface area contributed by atoms with E-state index in [0.717, 1.165) is 12.0 Å². The summed E-state index contributed by atoms with van der Waals surface area (Å²) < 4.78 is 39.9. The molecule has 0 atom stereocenters. The minimum absolute atomic E-state index is 0.117. The van der Waals surface area contributed by atoms with Gasteiger partial charge < -0.3 is 14.6 Å². The van der Waals surface area contributed by atoms with Crippen LogP contribution in [-0.4, -0.2) is 52.5 Å². The number of hydrogen-bond acceptors (Lipinski definition) is 6. The molecule has 1 aromatic carbocycles. The molecule has 0 spiro atoms. The average molecular weight is 403 g/mol. The van der Waals surface area contributed by atoms with E-state index in [4.69, 9.17) is 18.8 Å². The Morgan fingerprint density at radius 2 is 1.59 bits per heavy atom. The third-order valence-electron chi connectivity index (χ3n) is 4.05. The van der Waals surface area contributed by atoms with E-state index in [-0.39, 0.29) is 23.5 Å². The predicted molar refractivity (Wildman–Crippen MR) is 101 cm³/mol. The summed E-state index contributed by atoms with van der Waals surface area (Å²) in [6.45, 7) is 7.17. The van der Waals surface area contributed by atoms with Gasteiger partial charge in [-0.25, -0.2) is 4.79 Å². The first kappa shape index (κ1) is 23.6. The van der Waals surface area contributed by atoms with Crippen molar-refractivity contribution in [1.82, 2.24) is 0 Å². The van der Waals surface area contributed by atoms with Crippen molar-refractivity contribution in [2.24, 2.45) is 5.41 Å². The van der Waals surface area contributed by atoms with Crippen molar-refractivity contribution in [3.8, 4) is 0 Å². The van der Waals surface area contributed by atoms with Gasteiger partial charge in [-0.3, -0.25) is 4.18 Å². The van der Waals surface area contributed by atoms with Crippen LogP contribution < -0.4 is 0 Å². The second-order valence-electron chi connectivity index (χ2n) is 7.17. The second kappa shape index (κ2) is 11.4. The van der Waals surface area contributed by atoms with Crippen LogP contribution >= 0.6 is 0 Å². The van der Waals surface area contributed by atoms with Crippen molar-refractivity contribution in [3.63, 3.8) is 0 Å². The van der Waals surface area contributed by atoms with Gasteiger partial charge in [0.1, 0.15) is 6.61 Å². The third kappa shape index (κ3) is 10.4. The average Bonchev–Trinajstić information content (AvgIpc) is 2.57. The number of benzene rings is 1. The minimum atomic E-state index is -3.73. The van der Waals surface area contributed by atoms with Gasteiger partial charge in [0, 0.05) is 19.8 Å². The van der Waals surface area contributed by atoms with Gasteiger partial charge in [-0.2, -0.15) is 8.42 Å². The molecule has 0 saturated heterocycles. The van der Waals surface area contributed by atoms with E-state index in [9.17, 15) is 13.2 Å². The maximum absolute atomic E-state index is 12.2. The summed E-state index contributed by atoms with van der Waals surface area (Å²) in [5.74, 6) is -0.982. The van der Waals surface area contributed by atoms with E-state index >= 15 is 0 Å². The van der Waals surface area contributed by atoms with Crippen LogP contribution in [0.3, 0.4) is 0 Å². The van der Waals surface area contributed by atoms with Gasteiger partial charge in [-0.1, -0.05) is 31.5 Å². The SMILES string of the molecule is Cc1ccc(S(=O)(=O)OCCC(C)(C)CCOCCCOCC(=O)O)cc1. The lowest BCUT2D eigenvalue weighted by Gasteiger charge is -2.24. The predicted octanol–water partition coefficient (Wildman–Crippen LogP) is 3.01. The molecule has 0 aliphatic rings. The molecule has 0 radical (unpaired) electrons. The number of ether oxygens (including phenoxy) is 2. The molecule has 0 unspecified atom stereocenters. The molecular formula is C19H30O7S. The molecule has 0 aliphatic heterocycles. The topological polar surface area (TPSA) is 99.1 Å². The molecule has 1 N–H and O–H groups in total. The Morgan fingerprint density at radius 3 is 2.22 bits per heavy atom. The van der Waals surface area contributed by atoms with Crippen LogP contribution in [0.4, 0.5) is 0 Å². The number of hydrogen-bond donors (Lipinski definition) is 1. The van der Waals surface area contributed by atoms with E-state index in [0.29, 0.717) is 32.7 Å². The summed E-state index contributed by atoms with van der Waals surface area (Å²) in [5, 5.41) is 8.44. The van der Waals surface area contributed by atoms with Crippen LogP contribution in [0.15, 0.2) is 29.2 Å². The van der Waals surface area contributed by atoms with Crippen LogP contribution in [0, 0.1) is 12.3 Å². The van der Waals surface area contributed by atoms with Crippen molar-refractivity contribution < 1.29 is 32.0 Å². The summed E-state index contributed by atoms with van der Waals surface area (Å²) in [6, 6.07) is 6.57. The molecule has 1 aromatic rings. The molecule has 0 saturated carbocycles. The highest BCUT2D eigenvalue weighted by molar-refractivity contribution is 7.86. The normalized spacial score (nSPS) is 12.3. The Kier molecular flexibility index (Phi) is 9.93. The highest BCUT2D eigenvalue weighted by Crippen LogP contribution is 2.26. The zero-order valence-electron chi connectivity index (χ0n) is 16.3. The quantitative estimate of drug-likeness (QED) is 0.377. The summed E-state index contributed by atoms with van der Waals surface area (Å²) in [7, 11) is -3.73. The Hall–Kier alpha value is -1.48. The number of carboxylic acids is 1. The van der Waals surface area contributed by atoms with E-state index in [1.54, 1.807) is 24.3 Å². The summed E-state index contributed by atoms with van der Waals surface area (Å²) in [6.07, 6.45) is 1.98. The summed E-state index contributed by atoms with van der Waals surface area (Å²) in [4.78, 5) is 10.4. The Balaban J connectivity index is 2.21. The molecule has 0 heterocycles. The Bertz CT molecular complexity index is 666. The number of aryl methyl sites for hydroxylation is 1. The van der Waals surface area contributed by atoms with Crippen molar-refractivity contribution in [2.45, 2.75) is 44.9 Å². The van der Waals surface area contributed by atoms with Gasteiger partial charge >= 0.3 is 5.97 Å². The van der Waals surface area contributed by atoms with Crippen molar-refractivity contribution in [1.29, 1.82) is 0 Å². The van der Waals surface area contributed by atoms with Gasteiger partial charge in [0.25, 0.3) is 10.1 Å². The van der Waals surface area contributed by atoms with Gasteiger partial charge in [0.15, 0.2) is 0 Å². The second-order valence-corrected chi connectivity index (χ2v) is 8.78. The highest BCUT2D eigenvalue weighted by Gasteiger charge is 2.21. The van der Waals surface area contributed by atoms with Gasteiger partial charge in [0.05, 0.1) is 11.5 Å². The zero-order chi connectivity index (χ0) is 20.3. The van der Waals surface area contributed by atoms with Crippen LogP contribution in [0.1, 0.15) is 38.7 Å². The molecule has 1 rings (SSSR count). The van der Waals surface area contributed by atoms with E-state index in [1.807, 2.05) is 20.8 Å². The Labute approximate surface area is 161 Å². The lowest BCUT2D eigenvalue weighted by atomic mass is 9.86. The minimum Gasteiger partial charge on any atom is -0.480 e. The number of carbonyl (C=O) groups is 1. The zero-order valence-corrected chi connectivity index (χ0v) is 17.1. The molecule has 0 amide bonds. The molecule has 0 fully saturated rings. The van der Waals surface area contributed by atoms with E-state index in [1.165, 1.54) is 0 Å². The maximum atomic E-state index is 12.2. The maximum Gasteiger partial charge on any atom is 0.329 e. The van der Waals surface area contributed by atoms with Crippen LogP contribution in [0.5, 0.6) is 0 Å². The number of carboxylic acid groups (broad SMARTS) is 1. The standard InChI is InChI=1S/C19H30O7S/c1-16-5-7-17(8-6-16)27(22,23)26-14-10-19(2,3)9-13-24-11-4-12-25-15-18(20)21/h5-8H,4,9-15H2,1-3H3,(H,20,21). The largest absolute Gasteiger partial charge is 0.480 e. The molecule has 0 bridgehead atoms. The third-order valence-corrected chi connectivity index (χ3v) is 5.38. The molecule has 8 heteroatoms. The summed E-state index contributed by atoms with van der Waals surface area (Å²) >= 11 is 0. The fourth-order valence-electron chi connectivity index (χ4n) is 2.20. The number of rotatable bonds is 14. The van der Waals surface area contributed by atoms with Crippen LogP contribution in [-0.2, 0) is 28.6 Å². The Morgan fingerprint density at radius 1 is 1.00 bits per heavy atom. The fourth-order valence-corrected chi connectivity index (χ4v) is 3.11. The molecule has 27 heavy (non-hydrogen) atoms. The molecule has 0 aliphatic carbocycles. The van der Waals surface area contributed by atoms with Crippen molar-refractivity contribution in [3.05, 3.63) is 29.8 Å². The first-order valence-corrected chi connectivity index (χ1v) is 10.4. The van der Waals surface area contributed by atoms with Crippen LogP contribution in [0.25, 0.3) is 0 Å². The monoisotopic (exact) mass is 402 g/mol. The summed E-state index contributed by atoms with van der Waals surface area (Å²) in [5.41, 5.74) is 0.867. The van der Waals surface area contributed by atoms with Gasteiger partial charge in [0.2, 0.25) is 0 Å². The number of aliphatic carboxylic acids is 1. The lowest BCUT2D eigenvalue weighted by Crippen LogP contribution is -2.19. The molecule has 154 valence electrons. The van der Waals surface area contributed by atoms with Crippen molar-refractivity contribution >= 4 is 16.1 Å². The lowest BCUT2D eigenvalue weighted by molar-refractivity contribution is -0.142. The molecule has 7 nitrogen and oxygen atoms in total. The van der Waals surface area contributed by atoms with E-state index < -0.39 is 16.1 Å². The van der Waals surface area contributed by atoms with Crippen LogP contribution in [0.2, 0.25) is 0 Å². The fraction of sp³-hybridized carbons (Fsp3) is 0.632. The smallest absolute Gasteiger partial charge is 0.329 e.